The van der Waals surface area contributed by atoms with Crippen LogP contribution in [0.3, 0.4) is 0 Å². The number of nitrogens with one attached hydrogen (secondary N) is 2. The van der Waals surface area contributed by atoms with Crippen LogP contribution in [0, 0.1) is 5.82 Å². The molecule has 0 saturated carbocycles. The number of methoxy groups -OCH3 is 1. The molecular weight excluding hydrogens is 275 g/mol. The first kappa shape index (κ1) is 17.4. The molecule has 0 aromatic heterocycles. The van der Waals surface area contributed by atoms with Gasteiger partial charge in [0, 0.05) is 27.3 Å². The number of rotatable bonds is 10. The molecule has 0 atom stereocenters. The smallest absolute Gasteiger partial charge is 0.253 e. The molecule has 2 N–H and O–H groups in total. The van der Waals surface area contributed by atoms with E-state index >= 15 is 0 Å². The molecule has 5 nitrogen and oxygen atoms in total. The van der Waals surface area contributed by atoms with Gasteiger partial charge in [0.15, 0.2) is 0 Å². The van der Waals surface area contributed by atoms with Gasteiger partial charge in [-0.3, -0.25) is 4.79 Å². The molecule has 0 fully saturated rings. The molecule has 0 bridgehead atoms. The molecule has 0 aliphatic carbocycles. The molecule has 0 saturated heterocycles. The monoisotopic (exact) mass is 298 g/mol. The minimum absolute atomic E-state index is 0.220. The van der Waals surface area contributed by atoms with Crippen molar-refractivity contribution in [1.29, 1.82) is 0 Å². The summed E-state index contributed by atoms with van der Waals surface area (Å²) in [5.41, 5.74) is 0.534. The van der Waals surface area contributed by atoms with E-state index in [9.17, 15) is 9.18 Å². The summed E-state index contributed by atoms with van der Waals surface area (Å²) in [7, 11) is 3.22. The van der Waals surface area contributed by atoms with Crippen molar-refractivity contribution >= 4 is 11.6 Å². The summed E-state index contributed by atoms with van der Waals surface area (Å²) in [5.74, 6) is -0.712. The number of para-hydroxylation sites is 1. The molecule has 0 spiro atoms. The highest BCUT2D eigenvalue weighted by Crippen LogP contribution is 2.18. The van der Waals surface area contributed by atoms with Gasteiger partial charge in [-0.2, -0.15) is 0 Å². The average molecular weight is 298 g/mol. The van der Waals surface area contributed by atoms with Gasteiger partial charge >= 0.3 is 0 Å². The van der Waals surface area contributed by atoms with Crippen LogP contribution >= 0.6 is 0 Å². The van der Waals surface area contributed by atoms with Gasteiger partial charge in [0.25, 0.3) is 5.91 Å². The molecule has 21 heavy (non-hydrogen) atoms. The summed E-state index contributed by atoms with van der Waals surface area (Å²) in [6.45, 7) is 2.34. The Kier molecular flexibility index (Phi) is 8.38. The first-order chi connectivity index (χ1) is 10.2. The van der Waals surface area contributed by atoms with Crippen molar-refractivity contribution in [3.63, 3.8) is 0 Å². The number of halogens is 1. The van der Waals surface area contributed by atoms with Crippen molar-refractivity contribution in [1.82, 2.24) is 5.32 Å². The lowest BCUT2D eigenvalue weighted by Gasteiger charge is -2.10. The molecule has 0 radical (unpaired) electrons. The standard InChI is InChI=1S/C15H23FN2O3/c1-17-14-12(6-5-7-13(14)16)15(19)18-8-3-4-9-21-11-10-20-2/h5-7,17H,3-4,8-11H2,1-2H3,(H,18,19). The lowest BCUT2D eigenvalue weighted by molar-refractivity contribution is 0.0686. The van der Waals surface area contributed by atoms with Crippen LogP contribution in [0.2, 0.25) is 0 Å². The van der Waals surface area contributed by atoms with E-state index in [1.165, 1.54) is 12.1 Å². The van der Waals surface area contributed by atoms with Crippen molar-refractivity contribution < 1.29 is 18.7 Å². The maximum atomic E-state index is 13.5. The van der Waals surface area contributed by atoms with E-state index in [0.717, 1.165) is 12.8 Å². The Balaban J connectivity index is 2.27. The van der Waals surface area contributed by atoms with Crippen LogP contribution < -0.4 is 10.6 Å². The third-order valence-corrected chi connectivity index (χ3v) is 2.94. The summed E-state index contributed by atoms with van der Waals surface area (Å²) in [4.78, 5) is 12.0. The Bertz CT molecular complexity index is 441. The number of carbonyl (C=O) groups excluding carboxylic acids is 1. The minimum Gasteiger partial charge on any atom is -0.385 e. The first-order valence-electron chi connectivity index (χ1n) is 7.01. The number of anilines is 1. The molecule has 1 aromatic carbocycles. The van der Waals surface area contributed by atoms with Gasteiger partial charge in [0.1, 0.15) is 5.82 Å². The van der Waals surface area contributed by atoms with Crippen LogP contribution in [0.15, 0.2) is 18.2 Å². The highest BCUT2D eigenvalue weighted by molar-refractivity contribution is 5.99. The molecule has 0 aliphatic rings. The lowest BCUT2D eigenvalue weighted by atomic mass is 10.1. The predicted molar refractivity (Wildman–Crippen MR) is 80.2 cm³/mol. The van der Waals surface area contributed by atoms with Crippen molar-refractivity contribution in [2.75, 3.05) is 45.8 Å². The van der Waals surface area contributed by atoms with E-state index in [-0.39, 0.29) is 11.6 Å². The molecule has 6 heteroatoms. The van der Waals surface area contributed by atoms with Gasteiger partial charge in [-0.05, 0) is 25.0 Å². The van der Waals surface area contributed by atoms with Crippen LogP contribution in [0.1, 0.15) is 23.2 Å². The van der Waals surface area contributed by atoms with E-state index in [1.807, 2.05) is 0 Å². The van der Waals surface area contributed by atoms with Gasteiger partial charge in [0.05, 0.1) is 24.5 Å². The van der Waals surface area contributed by atoms with Gasteiger partial charge in [-0.25, -0.2) is 4.39 Å². The van der Waals surface area contributed by atoms with Crippen molar-refractivity contribution in [2.45, 2.75) is 12.8 Å². The number of ether oxygens (including phenoxy) is 2. The Morgan fingerprint density at radius 3 is 2.76 bits per heavy atom. The van der Waals surface area contributed by atoms with Crippen LogP contribution in [-0.2, 0) is 9.47 Å². The lowest BCUT2D eigenvalue weighted by Crippen LogP contribution is -2.25. The molecule has 0 heterocycles. The molecular formula is C15H23FN2O3. The largest absolute Gasteiger partial charge is 0.385 e. The van der Waals surface area contributed by atoms with Crippen LogP contribution in [0.4, 0.5) is 10.1 Å². The van der Waals surface area contributed by atoms with Crippen molar-refractivity contribution in [2.24, 2.45) is 0 Å². The van der Waals surface area contributed by atoms with Gasteiger partial charge in [-0.15, -0.1) is 0 Å². The van der Waals surface area contributed by atoms with E-state index in [4.69, 9.17) is 9.47 Å². The quantitative estimate of drug-likeness (QED) is 0.649. The fourth-order valence-electron chi connectivity index (χ4n) is 1.84. The Labute approximate surface area is 124 Å². The fourth-order valence-corrected chi connectivity index (χ4v) is 1.84. The highest BCUT2D eigenvalue weighted by Gasteiger charge is 2.13. The second-order valence-electron chi connectivity index (χ2n) is 4.48. The topological polar surface area (TPSA) is 59.6 Å². The Hall–Kier alpha value is -1.66. The zero-order chi connectivity index (χ0) is 15.5. The first-order valence-corrected chi connectivity index (χ1v) is 7.01. The molecule has 1 aromatic rings. The Morgan fingerprint density at radius 1 is 1.24 bits per heavy atom. The maximum Gasteiger partial charge on any atom is 0.253 e. The summed E-state index contributed by atoms with van der Waals surface area (Å²) in [5, 5.41) is 5.48. The number of carbonyl (C=O) groups is 1. The number of benzene rings is 1. The average Bonchev–Trinajstić information content (AvgIpc) is 2.49. The maximum absolute atomic E-state index is 13.5. The molecule has 0 aliphatic heterocycles. The minimum atomic E-state index is -0.434. The highest BCUT2D eigenvalue weighted by atomic mass is 19.1. The van der Waals surface area contributed by atoms with Gasteiger partial charge in [-0.1, -0.05) is 6.07 Å². The number of hydrogen-bond donors (Lipinski definition) is 2. The second kappa shape index (κ2) is 10.1. The number of hydrogen-bond acceptors (Lipinski definition) is 4. The van der Waals surface area contributed by atoms with E-state index < -0.39 is 5.82 Å². The normalized spacial score (nSPS) is 10.4. The third kappa shape index (κ3) is 6.10. The summed E-state index contributed by atoms with van der Waals surface area (Å²) >= 11 is 0. The van der Waals surface area contributed by atoms with Gasteiger partial charge < -0.3 is 20.1 Å². The molecule has 1 rings (SSSR count). The molecule has 118 valence electrons. The molecule has 1 amide bonds. The van der Waals surface area contributed by atoms with Crippen molar-refractivity contribution in [3.05, 3.63) is 29.6 Å². The van der Waals surface area contributed by atoms with Crippen LogP contribution in [0.25, 0.3) is 0 Å². The predicted octanol–water partition coefficient (Wildman–Crippen LogP) is 2.04. The summed E-state index contributed by atoms with van der Waals surface area (Å²) in [6.07, 6.45) is 1.66. The van der Waals surface area contributed by atoms with Crippen LogP contribution in [0.5, 0.6) is 0 Å². The fraction of sp³-hybridized carbons (Fsp3) is 0.533. The summed E-state index contributed by atoms with van der Waals surface area (Å²) < 4.78 is 23.7. The zero-order valence-corrected chi connectivity index (χ0v) is 12.6. The summed E-state index contributed by atoms with van der Waals surface area (Å²) in [6, 6.07) is 4.44. The van der Waals surface area contributed by atoms with Crippen molar-refractivity contribution in [3.8, 4) is 0 Å². The van der Waals surface area contributed by atoms with Gasteiger partial charge in [0.2, 0.25) is 0 Å². The SMILES string of the molecule is CNc1c(F)cccc1C(=O)NCCCCOCCOC. The number of unbranched alkanes of at least 4 members (excludes halogenated alkanes) is 1. The third-order valence-electron chi connectivity index (χ3n) is 2.94. The van der Waals surface area contributed by atoms with E-state index in [1.54, 1.807) is 20.2 Å². The number of amides is 1. The van der Waals surface area contributed by atoms with E-state index in [2.05, 4.69) is 10.6 Å². The Morgan fingerprint density at radius 2 is 2.05 bits per heavy atom. The van der Waals surface area contributed by atoms with E-state index in [0.29, 0.717) is 31.9 Å². The van der Waals surface area contributed by atoms with Crippen LogP contribution in [-0.4, -0.2) is 46.4 Å². The second-order valence-corrected chi connectivity index (χ2v) is 4.48. The zero-order valence-electron chi connectivity index (χ0n) is 12.6. The molecule has 0 unspecified atom stereocenters.